The summed E-state index contributed by atoms with van der Waals surface area (Å²) in [5, 5.41) is 0. The molecule has 92 valence electrons. The first-order chi connectivity index (χ1) is 7.99. The number of amides is 1. The molecule has 1 aromatic rings. The normalized spacial score (nSPS) is 19.8. The summed E-state index contributed by atoms with van der Waals surface area (Å²) in [4.78, 5) is 13.0. The highest BCUT2D eigenvalue weighted by Crippen LogP contribution is 2.23. The lowest BCUT2D eigenvalue weighted by Gasteiger charge is -2.15. The van der Waals surface area contributed by atoms with Crippen molar-refractivity contribution in [3.8, 4) is 0 Å². The molecular weight excluding hydrogens is 299 g/mol. The molecule has 0 aliphatic carbocycles. The Morgan fingerprint density at radius 2 is 2.06 bits per heavy atom. The van der Waals surface area contributed by atoms with Crippen molar-refractivity contribution in [3.05, 3.63) is 33.8 Å². The van der Waals surface area contributed by atoms with E-state index in [4.69, 9.17) is 0 Å². The molecule has 2 nitrogen and oxygen atoms in total. The van der Waals surface area contributed by atoms with Gasteiger partial charge in [0.1, 0.15) is 17.8 Å². The smallest absolute Gasteiger partial charge is 0.257 e. The van der Waals surface area contributed by atoms with Crippen LogP contribution in [0, 0.1) is 11.6 Å². The number of benzene rings is 1. The van der Waals surface area contributed by atoms with Gasteiger partial charge in [-0.15, -0.1) is 0 Å². The Balaban J connectivity index is 2.28. The highest BCUT2D eigenvalue weighted by Gasteiger charge is 2.28. The Morgan fingerprint density at radius 3 is 2.65 bits per heavy atom. The molecule has 1 amide bonds. The molecule has 0 radical (unpaired) electrons. The van der Waals surface area contributed by atoms with E-state index in [2.05, 4.69) is 15.9 Å². The van der Waals surface area contributed by atoms with Crippen molar-refractivity contribution in [1.29, 1.82) is 0 Å². The zero-order valence-electron chi connectivity index (χ0n) is 8.72. The quantitative estimate of drug-likeness (QED) is 0.731. The summed E-state index contributed by atoms with van der Waals surface area (Å²) in [6.45, 7) is 0.174. The third kappa shape index (κ3) is 2.46. The minimum atomic E-state index is -1.08. The first-order valence-corrected chi connectivity index (χ1v) is 5.86. The van der Waals surface area contributed by atoms with Gasteiger partial charge in [-0.1, -0.05) is 0 Å². The van der Waals surface area contributed by atoms with Gasteiger partial charge in [0.05, 0.1) is 16.6 Å². The summed E-state index contributed by atoms with van der Waals surface area (Å²) in [5.41, 5.74) is -0.361. The van der Waals surface area contributed by atoms with Crippen LogP contribution in [0.3, 0.4) is 0 Å². The molecule has 0 bridgehead atoms. The molecule has 0 unspecified atom stereocenters. The number of alkyl halides is 1. The minimum absolute atomic E-state index is 0.0451. The predicted molar refractivity (Wildman–Crippen MR) is 59.5 cm³/mol. The third-order valence-corrected chi connectivity index (χ3v) is 3.27. The van der Waals surface area contributed by atoms with Crippen LogP contribution in [0.5, 0.6) is 0 Å². The van der Waals surface area contributed by atoms with Gasteiger partial charge >= 0.3 is 0 Å². The van der Waals surface area contributed by atoms with Gasteiger partial charge in [0.15, 0.2) is 0 Å². The first kappa shape index (κ1) is 12.4. The maximum atomic E-state index is 13.5. The van der Waals surface area contributed by atoms with Gasteiger partial charge in [0.2, 0.25) is 0 Å². The molecule has 1 saturated heterocycles. The van der Waals surface area contributed by atoms with Gasteiger partial charge in [-0.3, -0.25) is 4.79 Å². The molecule has 1 heterocycles. The molecule has 1 atom stereocenters. The molecule has 0 saturated carbocycles. The number of halogens is 4. The molecule has 1 aliphatic rings. The Bertz CT molecular complexity index is 466. The Labute approximate surface area is 105 Å². The average molecular weight is 308 g/mol. The van der Waals surface area contributed by atoms with Crippen LogP contribution in [0.25, 0.3) is 0 Å². The zero-order chi connectivity index (χ0) is 12.6. The lowest BCUT2D eigenvalue weighted by Crippen LogP contribution is -2.29. The van der Waals surface area contributed by atoms with Crippen LogP contribution in [-0.2, 0) is 0 Å². The fourth-order valence-corrected chi connectivity index (χ4v) is 2.07. The van der Waals surface area contributed by atoms with Gasteiger partial charge in [0.25, 0.3) is 5.91 Å². The van der Waals surface area contributed by atoms with Crippen molar-refractivity contribution in [2.24, 2.45) is 0 Å². The van der Waals surface area contributed by atoms with Crippen LogP contribution in [0.2, 0.25) is 0 Å². The fraction of sp³-hybridized carbons (Fsp3) is 0.364. The molecule has 1 fully saturated rings. The second-order valence-corrected chi connectivity index (χ2v) is 4.74. The number of carbonyl (C=O) groups is 1. The first-order valence-electron chi connectivity index (χ1n) is 5.07. The van der Waals surface area contributed by atoms with Crippen LogP contribution in [0.15, 0.2) is 16.6 Å². The number of hydrogen-bond acceptors (Lipinski definition) is 1. The maximum absolute atomic E-state index is 13.5. The van der Waals surface area contributed by atoms with Crippen molar-refractivity contribution < 1.29 is 18.0 Å². The van der Waals surface area contributed by atoms with E-state index >= 15 is 0 Å². The lowest BCUT2D eigenvalue weighted by molar-refractivity contribution is 0.0777. The predicted octanol–water partition coefficient (Wildman–Crippen LogP) is 2.91. The summed E-state index contributed by atoms with van der Waals surface area (Å²) in [7, 11) is 0. The van der Waals surface area contributed by atoms with E-state index in [1.54, 1.807) is 0 Å². The number of likely N-dealkylation sites (tertiary alicyclic amines) is 1. The largest absolute Gasteiger partial charge is 0.336 e. The van der Waals surface area contributed by atoms with Crippen LogP contribution in [0.4, 0.5) is 13.2 Å². The summed E-state index contributed by atoms with van der Waals surface area (Å²) in [6, 6.07) is 1.72. The molecule has 2 rings (SSSR count). The second-order valence-electron chi connectivity index (χ2n) is 3.88. The minimum Gasteiger partial charge on any atom is -0.336 e. The second kappa shape index (κ2) is 4.68. The summed E-state index contributed by atoms with van der Waals surface area (Å²) < 4.78 is 39.6. The third-order valence-electron chi connectivity index (χ3n) is 2.66. The van der Waals surface area contributed by atoms with Crippen LogP contribution < -0.4 is 0 Å². The highest BCUT2D eigenvalue weighted by atomic mass is 79.9. The van der Waals surface area contributed by atoms with Crippen LogP contribution >= 0.6 is 15.9 Å². The number of nitrogens with zero attached hydrogens (tertiary/aromatic N) is 1. The average Bonchev–Trinajstić information content (AvgIpc) is 2.69. The van der Waals surface area contributed by atoms with Crippen molar-refractivity contribution in [2.75, 3.05) is 13.1 Å². The van der Waals surface area contributed by atoms with Crippen molar-refractivity contribution in [1.82, 2.24) is 4.90 Å². The van der Waals surface area contributed by atoms with E-state index < -0.39 is 23.7 Å². The van der Waals surface area contributed by atoms with Gasteiger partial charge < -0.3 is 4.90 Å². The van der Waals surface area contributed by atoms with Crippen molar-refractivity contribution >= 4 is 21.8 Å². The number of carbonyl (C=O) groups excluding carboxylic acids is 1. The molecular formula is C11H9BrF3NO. The van der Waals surface area contributed by atoms with E-state index in [0.29, 0.717) is 0 Å². The number of rotatable bonds is 1. The van der Waals surface area contributed by atoms with Gasteiger partial charge in [-0.2, -0.15) is 0 Å². The SMILES string of the molecule is O=C(c1cc(F)c(Br)cc1F)N1CC[C@H](F)C1. The molecule has 6 heteroatoms. The monoisotopic (exact) mass is 307 g/mol. The zero-order valence-corrected chi connectivity index (χ0v) is 10.3. The van der Waals surface area contributed by atoms with Gasteiger partial charge in [-0.05, 0) is 34.5 Å². The van der Waals surface area contributed by atoms with Crippen LogP contribution in [0.1, 0.15) is 16.8 Å². The standard InChI is InChI=1S/C11H9BrF3NO/c12-8-4-9(14)7(3-10(8)15)11(17)16-2-1-6(13)5-16/h3-4,6H,1-2,5H2/t6-/m0/s1. The maximum Gasteiger partial charge on any atom is 0.257 e. The molecule has 1 aliphatic heterocycles. The molecule has 0 aromatic heterocycles. The number of hydrogen-bond donors (Lipinski definition) is 0. The fourth-order valence-electron chi connectivity index (χ4n) is 1.76. The van der Waals surface area contributed by atoms with E-state index in [1.807, 2.05) is 0 Å². The Morgan fingerprint density at radius 1 is 1.35 bits per heavy atom. The molecule has 0 N–H and O–H groups in total. The van der Waals surface area contributed by atoms with Gasteiger partial charge in [-0.25, -0.2) is 13.2 Å². The van der Waals surface area contributed by atoms with Crippen LogP contribution in [-0.4, -0.2) is 30.1 Å². The Hall–Kier alpha value is -1.04. The molecule has 17 heavy (non-hydrogen) atoms. The van der Waals surface area contributed by atoms with E-state index in [9.17, 15) is 18.0 Å². The topological polar surface area (TPSA) is 20.3 Å². The van der Waals surface area contributed by atoms with E-state index in [1.165, 1.54) is 4.90 Å². The van der Waals surface area contributed by atoms with E-state index in [0.717, 1.165) is 12.1 Å². The molecule has 1 aromatic carbocycles. The highest BCUT2D eigenvalue weighted by molar-refractivity contribution is 9.10. The summed E-state index contributed by atoms with van der Waals surface area (Å²) in [5.74, 6) is -2.20. The van der Waals surface area contributed by atoms with Crippen molar-refractivity contribution in [2.45, 2.75) is 12.6 Å². The van der Waals surface area contributed by atoms with Gasteiger partial charge in [0, 0.05) is 6.54 Å². The van der Waals surface area contributed by atoms with Crippen molar-refractivity contribution in [3.63, 3.8) is 0 Å². The summed E-state index contributed by atoms with van der Waals surface area (Å²) >= 11 is 2.82. The van der Waals surface area contributed by atoms with E-state index in [-0.39, 0.29) is 29.5 Å². The molecule has 0 spiro atoms. The Kier molecular flexibility index (Phi) is 3.42. The summed E-state index contributed by atoms with van der Waals surface area (Å²) in [6.07, 6.45) is -0.839. The lowest BCUT2D eigenvalue weighted by atomic mass is 10.2.